The zero-order chi connectivity index (χ0) is 24.2. The zero-order valence-electron chi connectivity index (χ0n) is 19.9. The van der Waals surface area contributed by atoms with E-state index in [1.807, 2.05) is 6.92 Å². The SMILES string of the molecule is COc1ccccc1-n1c(=O)n(CC(=O)NCCC2=CCCCC2)c(=O)c2c(C)cc(C)nc21. The predicted octanol–water partition coefficient (Wildman–Crippen LogP) is 3.18. The number of amides is 1. The molecule has 0 spiro atoms. The Bertz CT molecular complexity index is 1380. The Hall–Kier alpha value is -3.68. The van der Waals surface area contributed by atoms with E-state index in [4.69, 9.17) is 4.74 Å². The van der Waals surface area contributed by atoms with E-state index in [-0.39, 0.29) is 18.1 Å². The van der Waals surface area contributed by atoms with E-state index in [9.17, 15) is 14.4 Å². The van der Waals surface area contributed by atoms with E-state index < -0.39 is 11.2 Å². The molecule has 0 radical (unpaired) electrons. The number of carbonyl (C=O) groups is 1. The molecule has 178 valence electrons. The molecule has 3 aromatic rings. The molecule has 0 fully saturated rings. The van der Waals surface area contributed by atoms with Crippen molar-refractivity contribution in [3.63, 3.8) is 0 Å². The Kier molecular flexibility index (Phi) is 6.95. The van der Waals surface area contributed by atoms with Crippen molar-refractivity contribution in [1.29, 1.82) is 0 Å². The van der Waals surface area contributed by atoms with Gasteiger partial charge in [0.15, 0.2) is 5.65 Å². The molecule has 0 saturated heterocycles. The molecular formula is C26H30N4O4. The Balaban J connectivity index is 1.75. The normalized spacial score (nSPS) is 13.6. The summed E-state index contributed by atoms with van der Waals surface area (Å²) in [5.41, 5.74) is 2.26. The molecule has 0 aliphatic heterocycles. The smallest absolute Gasteiger partial charge is 0.337 e. The first kappa shape index (κ1) is 23.5. The topological polar surface area (TPSA) is 95.2 Å². The number of hydrogen-bond acceptors (Lipinski definition) is 5. The molecule has 0 unspecified atom stereocenters. The summed E-state index contributed by atoms with van der Waals surface area (Å²) in [6.07, 6.45) is 7.58. The fourth-order valence-corrected chi connectivity index (χ4v) is 4.54. The molecule has 1 aromatic carbocycles. The van der Waals surface area contributed by atoms with E-state index in [1.54, 1.807) is 37.3 Å². The first-order valence-electron chi connectivity index (χ1n) is 11.6. The van der Waals surface area contributed by atoms with E-state index in [0.717, 1.165) is 23.8 Å². The minimum Gasteiger partial charge on any atom is -0.495 e. The van der Waals surface area contributed by atoms with E-state index in [1.165, 1.54) is 30.1 Å². The van der Waals surface area contributed by atoms with Gasteiger partial charge in [-0.15, -0.1) is 0 Å². The average Bonchev–Trinajstić information content (AvgIpc) is 2.82. The Morgan fingerprint density at radius 2 is 1.97 bits per heavy atom. The first-order chi connectivity index (χ1) is 16.4. The van der Waals surface area contributed by atoms with E-state index >= 15 is 0 Å². The van der Waals surface area contributed by atoms with Crippen molar-refractivity contribution in [2.24, 2.45) is 0 Å². The number of aromatic nitrogens is 3. The lowest BCUT2D eigenvalue weighted by Gasteiger charge is -2.17. The van der Waals surface area contributed by atoms with E-state index in [2.05, 4.69) is 16.4 Å². The molecule has 0 bridgehead atoms. The summed E-state index contributed by atoms with van der Waals surface area (Å²) >= 11 is 0. The molecule has 0 atom stereocenters. The van der Waals surface area contributed by atoms with Crippen LogP contribution in [0.5, 0.6) is 5.75 Å². The van der Waals surface area contributed by atoms with Gasteiger partial charge in [0.1, 0.15) is 12.3 Å². The fraction of sp³-hybridized carbons (Fsp3) is 0.385. The maximum Gasteiger partial charge on any atom is 0.337 e. The molecule has 0 saturated carbocycles. The van der Waals surface area contributed by atoms with Crippen LogP contribution < -0.4 is 21.3 Å². The van der Waals surface area contributed by atoms with Crippen molar-refractivity contribution in [1.82, 2.24) is 19.4 Å². The van der Waals surface area contributed by atoms with Crippen LogP contribution >= 0.6 is 0 Å². The Morgan fingerprint density at radius 3 is 2.71 bits per heavy atom. The van der Waals surface area contributed by atoms with Crippen LogP contribution in [0.2, 0.25) is 0 Å². The minimum absolute atomic E-state index is 0.248. The van der Waals surface area contributed by atoms with Crippen LogP contribution in [0.15, 0.2) is 51.6 Å². The van der Waals surface area contributed by atoms with Gasteiger partial charge in [-0.3, -0.25) is 9.59 Å². The highest BCUT2D eigenvalue weighted by Crippen LogP contribution is 2.24. The number of ether oxygens (including phenoxy) is 1. The summed E-state index contributed by atoms with van der Waals surface area (Å²) in [4.78, 5) is 44.2. The molecule has 8 heteroatoms. The third kappa shape index (κ3) is 4.66. The van der Waals surface area contributed by atoms with Crippen molar-refractivity contribution >= 4 is 16.9 Å². The summed E-state index contributed by atoms with van der Waals surface area (Å²) in [5, 5.41) is 3.16. The maximum atomic E-state index is 13.6. The number of methoxy groups -OCH3 is 1. The molecule has 1 aliphatic rings. The summed E-state index contributed by atoms with van der Waals surface area (Å²) in [6.45, 7) is 3.73. The molecule has 1 amide bonds. The number of para-hydroxylation sites is 2. The third-order valence-corrected chi connectivity index (χ3v) is 6.20. The van der Waals surface area contributed by atoms with Crippen LogP contribution in [-0.2, 0) is 11.3 Å². The van der Waals surface area contributed by atoms with Crippen LogP contribution in [0, 0.1) is 13.8 Å². The standard InChI is InChI=1S/C26H30N4O4/c1-17-15-18(2)28-24-23(17)25(32)29(16-22(31)27-14-13-19-9-5-4-6-10-19)26(33)30(24)20-11-7-8-12-21(20)34-3/h7-9,11-12,15H,4-6,10,13-14,16H2,1-3H3,(H,27,31). The number of allylic oxidation sites excluding steroid dienone is 1. The predicted molar refractivity (Wildman–Crippen MR) is 132 cm³/mol. The lowest BCUT2D eigenvalue weighted by molar-refractivity contribution is -0.121. The molecular weight excluding hydrogens is 432 g/mol. The molecule has 1 N–H and O–H groups in total. The van der Waals surface area contributed by atoms with Gasteiger partial charge >= 0.3 is 5.69 Å². The number of carbonyl (C=O) groups excluding carboxylic acids is 1. The number of aryl methyl sites for hydroxylation is 2. The molecule has 4 rings (SSSR count). The van der Waals surface area contributed by atoms with Gasteiger partial charge in [-0.25, -0.2) is 18.9 Å². The van der Waals surface area contributed by atoms with Gasteiger partial charge < -0.3 is 10.1 Å². The summed E-state index contributed by atoms with van der Waals surface area (Å²) in [5.74, 6) is 0.0847. The highest BCUT2D eigenvalue weighted by molar-refractivity contribution is 5.81. The van der Waals surface area contributed by atoms with Crippen molar-refractivity contribution in [3.8, 4) is 11.4 Å². The maximum absolute atomic E-state index is 13.6. The van der Waals surface area contributed by atoms with Crippen molar-refractivity contribution in [3.05, 3.63) is 74.1 Å². The van der Waals surface area contributed by atoms with Crippen LogP contribution in [0.3, 0.4) is 0 Å². The lowest BCUT2D eigenvalue weighted by atomic mass is 9.97. The van der Waals surface area contributed by atoms with Gasteiger partial charge in [0.05, 0.1) is 18.2 Å². The number of rotatable bonds is 7. The van der Waals surface area contributed by atoms with Crippen LogP contribution in [0.25, 0.3) is 16.7 Å². The molecule has 8 nitrogen and oxygen atoms in total. The first-order valence-corrected chi connectivity index (χ1v) is 11.6. The van der Waals surface area contributed by atoms with Crippen molar-refractivity contribution in [2.75, 3.05) is 13.7 Å². The third-order valence-electron chi connectivity index (χ3n) is 6.20. The number of benzene rings is 1. The zero-order valence-corrected chi connectivity index (χ0v) is 19.9. The highest BCUT2D eigenvalue weighted by Gasteiger charge is 2.21. The number of pyridine rings is 1. The largest absolute Gasteiger partial charge is 0.495 e. The van der Waals surface area contributed by atoms with Crippen LogP contribution in [-0.4, -0.2) is 33.7 Å². The van der Waals surface area contributed by atoms with Gasteiger partial charge in [0.25, 0.3) is 5.56 Å². The highest BCUT2D eigenvalue weighted by atomic mass is 16.5. The van der Waals surface area contributed by atoms with Crippen molar-refractivity contribution in [2.45, 2.75) is 52.5 Å². The quantitative estimate of drug-likeness (QED) is 0.544. The molecule has 2 heterocycles. The number of fused-ring (bicyclic) bond motifs is 1. The average molecular weight is 463 g/mol. The van der Waals surface area contributed by atoms with Crippen LogP contribution in [0.4, 0.5) is 0 Å². The van der Waals surface area contributed by atoms with Gasteiger partial charge in [-0.05, 0) is 69.7 Å². The summed E-state index contributed by atoms with van der Waals surface area (Å²) in [7, 11) is 1.52. The monoisotopic (exact) mass is 462 g/mol. The fourth-order valence-electron chi connectivity index (χ4n) is 4.54. The minimum atomic E-state index is -0.635. The van der Waals surface area contributed by atoms with Gasteiger partial charge in [-0.2, -0.15) is 0 Å². The van der Waals surface area contributed by atoms with E-state index in [0.29, 0.717) is 34.6 Å². The second-order valence-corrected chi connectivity index (χ2v) is 8.67. The molecule has 34 heavy (non-hydrogen) atoms. The summed E-state index contributed by atoms with van der Waals surface area (Å²) < 4.78 is 7.80. The second-order valence-electron chi connectivity index (χ2n) is 8.67. The lowest BCUT2D eigenvalue weighted by Crippen LogP contribution is -2.44. The van der Waals surface area contributed by atoms with Gasteiger partial charge in [-0.1, -0.05) is 23.8 Å². The van der Waals surface area contributed by atoms with Gasteiger partial charge in [0, 0.05) is 12.2 Å². The molecule has 2 aromatic heterocycles. The number of nitrogens with zero attached hydrogens (tertiary/aromatic N) is 3. The van der Waals surface area contributed by atoms with Crippen molar-refractivity contribution < 1.29 is 9.53 Å². The van der Waals surface area contributed by atoms with Crippen LogP contribution in [0.1, 0.15) is 43.4 Å². The second kappa shape index (κ2) is 10.1. The van der Waals surface area contributed by atoms with Gasteiger partial charge in [0.2, 0.25) is 5.91 Å². The Morgan fingerprint density at radius 1 is 1.18 bits per heavy atom. The Labute approximate surface area is 197 Å². The number of hydrogen-bond donors (Lipinski definition) is 1. The molecule has 1 aliphatic carbocycles. The summed E-state index contributed by atoms with van der Waals surface area (Å²) in [6, 6.07) is 8.83. The number of nitrogens with one attached hydrogen (secondary N) is 1.